The van der Waals surface area contributed by atoms with E-state index in [-0.39, 0.29) is 0 Å². The molecule has 108 valence electrons. The highest BCUT2D eigenvalue weighted by atomic mass is 32.1. The third kappa shape index (κ3) is 6.80. The molecule has 4 nitrogen and oxygen atoms in total. The fourth-order valence-electron chi connectivity index (χ4n) is 1.68. The summed E-state index contributed by atoms with van der Waals surface area (Å²) in [7, 11) is 1.47. The van der Waals surface area contributed by atoms with E-state index >= 15 is 0 Å². The minimum absolute atomic E-state index is 0.629. The summed E-state index contributed by atoms with van der Waals surface area (Å²) in [5.41, 5.74) is 0. The SMILES string of the molecule is CCO[Si](CCCC(=S)N(C)C)(OCC)OCC. The first-order valence-electron chi connectivity index (χ1n) is 6.63. The highest BCUT2D eigenvalue weighted by Crippen LogP contribution is 2.19. The maximum Gasteiger partial charge on any atom is 0.500 e. The Hall–Kier alpha value is -0.0131. The molecule has 0 bridgehead atoms. The van der Waals surface area contributed by atoms with Gasteiger partial charge in [0.25, 0.3) is 0 Å². The zero-order valence-corrected chi connectivity index (χ0v) is 14.1. The summed E-state index contributed by atoms with van der Waals surface area (Å²) >= 11 is 5.28. The summed E-state index contributed by atoms with van der Waals surface area (Å²) in [6, 6.07) is 0.830. The molecule has 0 spiro atoms. The predicted molar refractivity (Wildman–Crippen MR) is 81.0 cm³/mol. The number of hydrogen-bond donors (Lipinski definition) is 0. The van der Waals surface area contributed by atoms with Crippen molar-refractivity contribution in [1.29, 1.82) is 0 Å². The van der Waals surface area contributed by atoms with Gasteiger partial charge in [-0.05, 0) is 33.6 Å². The van der Waals surface area contributed by atoms with Gasteiger partial charge in [0.15, 0.2) is 0 Å². The van der Waals surface area contributed by atoms with E-state index in [9.17, 15) is 0 Å². The Kier molecular flexibility index (Phi) is 9.85. The van der Waals surface area contributed by atoms with Crippen LogP contribution in [0.15, 0.2) is 0 Å². The number of rotatable bonds is 10. The van der Waals surface area contributed by atoms with E-state index in [0.29, 0.717) is 19.8 Å². The lowest BCUT2D eigenvalue weighted by Gasteiger charge is -2.28. The summed E-state index contributed by atoms with van der Waals surface area (Å²) in [6.07, 6.45) is 1.83. The molecular weight excluding hydrogens is 266 g/mol. The minimum Gasteiger partial charge on any atom is -0.374 e. The van der Waals surface area contributed by atoms with Crippen LogP contribution in [0.5, 0.6) is 0 Å². The minimum atomic E-state index is -2.48. The maximum atomic E-state index is 5.79. The van der Waals surface area contributed by atoms with Crippen LogP contribution < -0.4 is 0 Å². The molecule has 0 unspecified atom stereocenters. The molecule has 0 amide bonds. The van der Waals surface area contributed by atoms with E-state index in [1.807, 2.05) is 39.8 Å². The molecule has 0 N–H and O–H groups in total. The Morgan fingerprint density at radius 1 is 1.00 bits per heavy atom. The molecule has 0 aliphatic rings. The largest absolute Gasteiger partial charge is 0.500 e. The van der Waals surface area contributed by atoms with Gasteiger partial charge in [0.2, 0.25) is 0 Å². The molecule has 0 heterocycles. The lowest BCUT2D eigenvalue weighted by molar-refractivity contribution is 0.0709. The van der Waals surface area contributed by atoms with Crippen LogP contribution >= 0.6 is 12.2 Å². The molecule has 0 saturated carbocycles. The average Bonchev–Trinajstić information content (AvgIpc) is 2.29. The van der Waals surface area contributed by atoms with Gasteiger partial charge in [-0.3, -0.25) is 0 Å². The lowest BCUT2D eigenvalue weighted by atomic mass is 10.3. The number of hydrogen-bond acceptors (Lipinski definition) is 4. The van der Waals surface area contributed by atoms with Crippen LogP contribution in [0.2, 0.25) is 6.04 Å². The highest BCUT2D eigenvalue weighted by molar-refractivity contribution is 7.80. The molecule has 0 radical (unpaired) electrons. The molecule has 0 saturated heterocycles. The molecule has 6 heteroatoms. The van der Waals surface area contributed by atoms with Crippen molar-refractivity contribution < 1.29 is 13.3 Å². The Balaban J connectivity index is 4.33. The summed E-state index contributed by atoms with van der Waals surface area (Å²) in [5.74, 6) is 0. The van der Waals surface area contributed by atoms with Crippen molar-refractivity contribution in [3.63, 3.8) is 0 Å². The molecular formula is C12H27NO3SSi. The average molecular weight is 294 g/mol. The molecule has 0 aliphatic heterocycles. The Morgan fingerprint density at radius 3 is 1.78 bits per heavy atom. The first kappa shape index (κ1) is 18.0. The van der Waals surface area contributed by atoms with Crippen LogP contribution in [-0.2, 0) is 13.3 Å². The Morgan fingerprint density at radius 2 is 1.44 bits per heavy atom. The van der Waals surface area contributed by atoms with Gasteiger partial charge in [-0.25, -0.2) is 0 Å². The van der Waals surface area contributed by atoms with Gasteiger partial charge in [-0.1, -0.05) is 12.2 Å². The molecule has 0 atom stereocenters. The molecule has 0 aliphatic carbocycles. The molecule has 0 aromatic heterocycles. The third-order valence-electron chi connectivity index (χ3n) is 2.47. The summed E-state index contributed by atoms with van der Waals surface area (Å²) in [4.78, 5) is 2.93. The fraction of sp³-hybridized carbons (Fsp3) is 0.917. The summed E-state index contributed by atoms with van der Waals surface area (Å²) < 4.78 is 17.4. The molecule has 0 aromatic carbocycles. The van der Waals surface area contributed by atoms with Gasteiger partial charge < -0.3 is 18.2 Å². The molecule has 0 rings (SSSR count). The first-order valence-corrected chi connectivity index (χ1v) is 8.97. The van der Waals surface area contributed by atoms with Gasteiger partial charge in [-0.15, -0.1) is 0 Å². The zero-order valence-electron chi connectivity index (χ0n) is 12.3. The zero-order chi connectivity index (χ0) is 14.0. The van der Waals surface area contributed by atoms with Crippen LogP contribution in [0, 0.1) is 0 Å². The smallest absolute Gasteiger partial charge is 0.374 e. The van der Waals surface area contributed by atoms with Crippen LogP contribution in [0.4, 0.5) is 0 Å². The van der Waals surface area contributed by atoms with Gasteiger partial charge in [0.1, 0.15) is 0 Å². The van der Waals surface area contributed by atoms with Crippen LogP contribution in [0.1, 0.15) is 33.6 Å². The quantitative estimate of drug-likeness (QED) is 0.456. The van der Waals surface area contributed by atoms with Gasteiger partial charge in [-0.2, -0.15) is 0 Å². The van der Waals surface area contributed by atoms with Crippen LogP contribution in [0.25, 0.3) is 0 Å². The van der Waals surface area contributed by atoms with E-state index in [0.717, 1.165) is 23.9 Å². The lowest BCUT2D eigenvalue weighted by Crippen LogP contribution is -2.46. The fourth-order valence-corrected chi connectivity index (χ4v) is 4.44. The standard InChI is InChI=1S/C12H27NO3SSi/c1-6-14-18(15-7-2,16-8-3)11-9-10-12(17)13(4)5/h6-11H2,1-5H3. The Labute approximate surface area is 118 Å². The van der Waals surface area contributed by atoms with Crippen molar-refractivity contribution in [2.75, 3.05) is 33.9 Å². The third-order valence-corrected chi connectivity index (χ3v) is 6.19. The van der Waals surface area contributed by atoms with Gasteiger partial charge >= 0.3 is 8.80 Å². The van der Waals surface area contributed by atoms with Gasteiger partial charge in [0, 0.05) is 40.0 Å². The summed E-state index contributed by atoms with van der Waals surface area (Å²) in [6.45, 7) is 7.82. The van der Waals surface area contributed by atoms with E-state index in [2.05, 4.69) is 0 Å². The number of nitrogens with zero attached hydrogens (tertiary/aromatic N) is 1. The first-order chi connectivity index (χ1) is 8.51. The molecule has 0 fully saturated rings. The normalized spacial score (nSPS) is 11.6. The van der Waals surface area contributed by atoms with Crippen LogP contribution in [0.3, 0.4) is 0 Å². The summed E-state index contributed by atoms with van der Waals surface area (Å²) in [5, 5.41) is 0. The second kappa shape index (κ2) is 9.86. The van der Waals surface area contributed by atoms with Crippen LogP contribution in [-0.4, -0.2) is 52.6 Å². The van der Waals surface area contributed by atoms with E-state index in [1.54, 1.807) is 0 Å². The monoisotopic (exact) mass is 293 g/mol. The van der Waals surface area contributed by atoms with Crippen molar-refractivity contribution in [2.24, 2.45) is 0 Å². The van der Waals surface area contributed by atoms with Crippen molar-refractivity contribution in [3.05, 3.63) is 0 Å². The van der Waals surface area contributed by atoms with Crippen molar-refractivity contribution >= 4 is 26.0 Å². The predicted octanol–water partition coefficient (Wildman–Crippen LogP) is 2.70. The van der Waals surface area contributed by atoms with Gasteiger partial charge in [0.05, 0.1) is 4.99 Å². The highest BCUT2D eigenvalue weighted by Gasteiger charge is 2.39. The molecule has 18 heavy (non-hydrogen) atoms. The van der Waals surface area contributed by atoms with Crippen molar-refractivity contribution in [2.45, 2.75) is 39.7 Å². The molecule has 0 aromatic rings. The van der Waals surface area contributed by atoms with E-state index in [4.69, 9.17) is 25.5 Å². The second-order valence-electron chi connectivity index (χ2n) is 4.12. The second-order valence-corrected chi connectivity index (χ2v) is 7.33. The maximum absolute atomic E-state index is 5.79. The van der Waals surface area contributed by atoms with Crippen molar-refractivity contribution in [3.8, 4) is 0 Å². The van der Waals surface area contributed by atoms with E-state index in [1.165, 1.54) is 0 Å². The Bertz CT molecular complexity index is 222. The number of thiocarbonyl (C=S) groups is 1. The van der Waals surface area contributed by atoms with Crippen molar-refractivity contribution in [1.82, 2.24) is 4.90 Å². The topological polar surface area (TPSA) is 30.9 Å². The van der Waals surface area contributed by atoms with E-state index < -0.39 is 8.80 Å².